The molecule has 0 unspecified atom stereocenters. The van der Waals surface area contributed by atoms with Crippen molar-refractivity contribution in [3.63, 3.8) is 0 Å². The van der Waals surface area contributed by atoms with Gasteiger partial charge in [0.1, 0.15) is 22.3 Å². The quantitative estimate of drug-likeness (QED) is 0.163. The maximum atomic E-state index is 6.81. The lowest BCUT2D eigenvalue weighted by Crippen LogP contribution is -2.26. The Morgan fingerprint density at radius 2 is 0.976 bits per heavy atom. The number of hydrogen-bond donors (Lipinski definition) is 0. The van der Waals surface area contributed by atoms with Crippen LogP contribution in [0.1, 0.15) is 22.3 Å². The number of rotatable bonds is 0. The molecule has 2 aliphatic rings. The van der Waals surface area contributed by atoms with Crippen molar-refractivity contribution >= 4 is 75.7 Å². The molecule has 0 atom stereocenters. The molecule has 2 heterocycles. The summed E-state index contributed by atoms with van der Waals surface area (Å²) in [5.74, 6) is 0. The molecule has 6 aromatic carbocycles. The number of para-hydroxylation sites is 2. The van der Waals surface area contributed by atoms with Gasteiger partial charge in [-0.3, -0.25) is 0 Å². The largest absolute Gasteiger partial charge is 0.455 e. The lowest BCUT2D eigenvalue weighted by atomic mass is 9.70. The van der Waals surface area contributed by atoms with Crippen LogP contribution in [0.3, 0.4) is 0 Å². The number of halogens is 2. The SMILES string of the molecule is Brc1cc2c(c3c1oc1ccccc13)-c1c(cc(Br)c3c1oc1ccccc13)C21c2ccccc2-c2ccccc21. The predicted molar refractivity (Wildman–Crippen MR) is 173 cm³/mol. The summed E-state index contributed by atoms with van der Waals surface area (Å²) >= 11 is 7.96. The third-order valence-corrected chi connectivity index (χ3v) is 10.4. The summed E-state index contributed by atoms with van der Waals surface area (Å²) in [7, 11) is 0. The van der Waals surface area contributed by atoms with Gasteiger partial charge in [0.15, 0.2) is 0 Å². The Hall–Kier alpha value is -4.12. The van der Waals surface area contributed by atoms with Crippen molar-refractivity contribution < 1.29 is 8.83 Å². The van der Waals surface area contributed by atoms with Gasteiger partial charge in [-0.05, 0) is 73.6 Å². The first-order chi connectivity index (χ1) is 20.2. The predicted octanol–water partition coefficient (Wildman–Crippen LogP) is 11.4. The normalized spacial score (nSPS) is 14.3. The zero-order valence-corrected chi connectivity index (χ0v) is 24.6. The molecule has 2 nitrogen and oxygen atoms in total. The van der Waals surface area contributed by atoms with Gasteiger partial charge in [-0.15, -0.1) is 0 Å². The van der Waals surface area contributed by atoms with E-state index in [0.717, 1.165) is 58.4 Å². The fourth-order valence-corrected chi connectivity index (χ4v) is 8.90. The smallest absolute Gasteiger partial charge is 0.150 e. The molecule has 0 amide bonds. The van der Waals surface area contributed by atoms with Crippen LogP contribution in [0.2, 0.25) is 0 Å². The summed E-state index contributed by atoms with van der Waals surface area (Å²) in [4.78, 5) is 0. The van der Waals surface area contributed by atoms with Gasteiger partial charge in [0.25, 0.3) is 0 Å². The van der Waals surface area contributed by atoms with Crippen LogP contribution in [0.15, 0.2) is 127 Å². The van der Waals surface area contributed by atoms with Gasteiger partial charge in [0.05, 0.1) is 9.89 Å². The standard InChI is InChI=1S/C37H18Br2O2/c38-27-17-26-34(36-31(27)21-11-3-7-15-29(21)41-36)33-25(18-28(39)35-32(33)22-12-4-8-16-30(22)40-35)37(26)23-13-5-1-9-19(23)20-10-2-6-14-24(20)37/h1-18H. The summed E-state index contributed by atoms with van der Waals surface area (Å²) < 4.78 is 15.3. The third kappa shape index (κ3) is 2.52. The first kappa shape index (κ1) is 22.6. The van der Waals surface area contributed by atoms with E-state index in [-0.39, 0.29) is 0 Å². The summed E-state index contributed by atoms with van der Waals surface area (Å²) in [6.45, 7) is 0. The van der Waals surface area contributed by atoms with Crippen molar-refractivity contribution in [2.45, 2.75) is 5.41 Å². The van der Waals surface area contributed by atoms with Crippen molar-refractivity contribution in [2.75, 3.05) is 0 Å². The average Bonchev–Trinajstić information content (AvgIpc) is 3.73. The summed E-state index contributed by atoms with van der Waals surface area (Å²) in [5, 5.41) is 4.44. The monoisotopic (exact) mass is 652 g/mol. The Bertz CT molecular complexity index is 2410. The highest BCUT2D eigenvalue weighted by atomic mass is 79.9. The van der Waals surface area contributed by atoms with Crippen LogP contribution >= 0.6 is 31.9 Å². The topological polar surface area (TPSA) is 26.3 Å². The van der Waals surface area contributed by atoms with E-state index in [1.807, 2.05) is 12.1 Å². The highest BCUT2D eigenvalue weighted by Gasteiger charge is 2.53. The van der Waals surface area contributed by atoms with E-state index in [1.165, 1.54) is 38.9 Å². The van der Waals surface area contributed by atoms with Crippen LogP contribution < -0.4 is 0 Å². The molecule has 0 aliphatic heterocycles. The highest BCUT2D eigenvalue weighted by Crippen LogP contribution is 2.66. The van der Waals surface area contributed by atoms with Gasteiger partial charge >= 0.3 is 0 Å². The van der Waals surface area contributed by atoms with Crippen LogP contribution in [0.5, 0.6) is 0 Å². The fraction of sp³-hybridized carbons (Fsp3) is 0.0270. The van der Waals surface area contributed by atoms with Gasteiger partial charge in [-0.25, -0.2) is 0 Å². The Labute approximate surface area is 251 Å². The molecule has 2 aliphatic carbocycles. The summed E-state index contributed by atoms with van der Waals surface area (Å²) in [6, 6.07) is 39.1. The van der Waals surface area contributed by atoms with Gasteiger partial charge in [0, 0.05) is 37.1 Å². The molecule has 0 saturated carbocycles. The van der Waals surface area contributed by atoms with Crippen molar-refractivity contribution in [3.05, 3.63) is 140 Å². The number of furan rings is 2. The first-order valence-electron chi connectivity index (χ1n) is 13.7. The molecule has 0 N–H and O–H groups in total. The molecule has 1 spiro atoms. The fourth-order valence-electron chi connectivity index (χ4n) is 7.77. The Kier molecular flexibility index (Phi) is 4.17. The van der Waals surface area contributed by atoms with E-state index in [4.69, 9.17) is 8.83 Å². The summed E-state index contributed by atoms with van der Waals surface area (Å²) in [6.07, 6.45) is 0. The van der Waals surface area contributed by atoms with Crippen LogP contribution in [-0.4, -0.2) is 0 Å². The maximum absolute atomic E-state index is 6.81. The van der Waals surface area contributed by atoms with Crippen molar-refractivity contribution in [1.82, 2.24) is 0 Å². The lowest BCUT2D eigenvalue weighted by molar-refractivity contribution is 0.666. The second kappa shape index (κ2) is 7.58. The van der Waals surface area contributed by atoms with E-state index in [2.05, 4.69) is 129 Å². The van der Waals surface area contributed by atoms with Crippen molar-refractivity contribution in [3.8, 4) is 22.3 Å². The minimum absolute atomic E-state index is 0.511. The first-order valence-corrected chi connectivity index (χ1v) is 15.2. The Morgan fingerprint density at radius 1 is 0.463 bits per heavy atom. The second-order valence-corrected chi connectivity index (χ2v) is 12.7. The van der Waals surface area contributed by atoms with Crippen LogP contribution in [-0.2, 0) is 5.41 Å². The molecule has 41 heavy (non-hydrogen) atoms. The molecule has 0 fully saturated rings. The van der Waals surface area contributed by atoms with Gasteiger partial charge in [0.2, 0.25) is 0 Å². The van der Waals surface area contributed by atoms with E-state index >= 15 is 0 Å². The zero-order chi connectivity index (χ0) is 27.0. The van der Waals surface area contributed by atoms with Gasteiger partial charge < -0.3 is 8.83 Å². The van der Waals surface area contributed by atoms with Crippen LogP contribution in [0, 0.1) is 0 Å². The molecule has 0 bridgehead atoms. The maximum Gasteiger partial charge on any atom is 0.150 e. The molecule has 192 valence electrons. The average molecular weight is 654 g/mol. The molecular formula is C37H18Br2O2. The molecule has 2 aromatic heterocycles. The molecule has 4 heteroatoms. The minimum atomic E-state index is -0.511. The molecule has 10 rings (SSSR count). The molecular weight excluding hydrogens is 636 g/mol. The van der Waals surface area contributed by atoms with Crippen LogP contribution in [0.25, 0.3) is 66.1 Å². The van der Waals surface area contributed by atoms with Crippen LogP contribution in [0.4, 0.5) is 0 Å². The molecule has 0 saturated heterocycles. The van der Waals surface area contributed by atoms with Gasteiger partial charge in [-0.2, -0.15) is 0 Å². The Balaban J connectivity index is 1.53. The zero-order valence-electron chi connectivity index (χ0n) is 21.5. The van der Waals surface area contributed by atoms with Crippen molar-refractivity contribution in [1.29, 1.82) is 0 Å². The highest BCUT2D eigenvalue weighted by molar-refractivity contribution is 9.11. The van der Waals surface area contributed by atoms with E-state index < -0.39 is 5.41 Å². The molecule has 8 aromatic rings. The van der Waals surface area contributed by atoms with Gasteiger partial charge in [-0.1, -0.05) is 101 Å². The lowest BCUT2D eigenvalue weighted by Gasteiger charge is -2.30. The number of benzene rings is 6. The van der Waals surface area contributed by atoms with E-state index in [9.17, 15) is 0 Å². The summed E-state index contributed by atoms with van der Waals surface area (Å²) in [5.41, 5.74) is 13.0. The van der Waals surface area contributed by atoms with E-state index in [1.54, 1.807) is 0 Å². The third-order valence-electron chi connectivity index (χ3n) is 9.21. The van der Waals surface area contributed by atoms with Crippen molar-refractivity contribution in [2.24, 2.45) is 0 Å². The van der Waals surface area contributed by atoms with E-state index in [0.29, 0.717) is 0 Å². The minimum Gasteiger partial charge on any atom is -0.455 e. The molecule has 0 radical (unpaired) electrons. The Morgan fingerprint density at radius 3 is 1.66 bits per heavy atom. The number of hydrogen-bond acceptors (Lipinski definition) is 2. The number of fused-ring (bicyclic) bond motifs is 18. The second-order valence-electron chi connectivity index (χ2n) is 11.0.